The van der Waals surface area contributed by atoms with Gasteiger partial charge in [-0.25, -0.2) is 4.39 Å². The van der Waals surface area contributed by atoms with Crippen molar-refractivity contribution in [2.75, 3.05) is 23.8 Å². The summed E-state index contributed by atoms with van der Waals surface area (Å²) in [5, 5.41) is 7.31. The van der Waals surface area contributed by atoms with Crippen LogP contribution in [0, 0.1) is 19.7 Å². The number of anilines is 2. The number of fused-ring (bicyclic) bond motifs is 1. The zero-order chi connectivity index (χ0) is 18.1. The van der Waals surface area contributed by atoms with Gasteiger partial charge in [-0.2, -0.15) is 0 Å². The Hall–Kier alpha value is -2.40. The lowest BCUT2D eigenvalue weighted by Crippen LogP contribution is -2.55. The zero-order valence-corrected chi connectivity index (χ0v) is 15.2. The van der Waals surface area contributed by atoms with E-state index in [1.165, 1.54) is 23.3 Å². The SMILES string of the molecule is Cc1cc2c(cc1C)NC1(CCOCC1)C(=NCc1ccc(F)cc1)N2. The van der Waals surface area contributed by atoms with E-state index >= 15 is 0 Å². The van der Waals surface area contributed by atoms with Crippen LogP contribution in [0.2, 0.25) is 0 Å². The third-order valence-electron chi connectivity index (χ3n) is 5.39. The topological polar surface area (TPSA) is 45.6 Å². The molecule has 2 N–H and O–H groups in total. The summed E-state index contributed by atoms with van der Waals surface area (Å²) in [5.41, 5.74) is 5.46. The minimum atomic E-state index is -0.229. The van der Waals surface area contributed by atoms with Gasteiger partial charge < -0.3 is 15.4 Å². The molecule has 2 aromatic rings. The van der Waals surface area contributed by atoms with Gasteiger partial charge in [0.25, 0.3) is 0 Å². The van der Waals surface area contributed by atoms with Crippen molar-refractivity contribution in [2.45, 2.75) is 38.8 Å². The molecule has 0 aliphatic carbocycles. The molecule has 1 saturated heterocycles. The van der Waals surface area contributed by atoms with Gasteiger partial charge in [-0.3, -0.25) is 4.99 Å². The first kappa shape index (κ1) is 17.0. The molecular formula is C21H24FN3O. The Morgan fingerprint density at radius 1 is 1.04 bits per heavy atom. The highest BCUT2D eigenvalue weighted by Gasteiger charge is 2.41. The van der Waals surface area contributed by atoms with Gasteiger partial charge in [-0.05, 0) is 54.8 Å². The summed E-state index contributed by atoms with van der Waals surface area (Å²) in [6.45, 7) is 6.19. The summed E-state index contributed by atoms with van der Waals surface area (Å²) in [5.74, 6) is 0.723. The van der Waals surface area contributed by atoms with Crippen LogP contribution in [0.1, 0.15) is 29.5 Å². The minimum absolute atomic E-state index is 0.223. The molecule has 1 fully saturated rings. The fraction of sp³-hybridized carbons (Fsp3) is 0.381. The smallest absolute Gasteiger partial charge is 0.127 e. The van der Waals surface area contributed by atoms with Crippen molar-refractivity contribution in [3.63, 3.8) is 0 Å². The van der Waals surface area contributed by atoms with Gasteiger partial charge in [-0.15, -0.1) is 0 Å². The van der Waals surface area contributed by atoms with Crippen molar-refractivity contribution < 1.29 is 9.13 Å². The lowest BCUT2D eigenvalue weighted by Gasteiger charge is -2.44. The predicted molar refractivity (Wildman–Crippen MR) is 103 cm³/mol. The van der Waals surface area contributed by atoms with Crippen LogP contribution in [-0.4, -0.2) is 24.6 Å². The maximum Gasteiger partial charge on any atom is 0.127 e. The van der Waals surface area contributed by atoms with E-state index < -0.39 is 0 Å². The number of aryl methyl sites for hydroxylation is 2. The second-order valence-electron chi connectivity index (χ2n) is 7.22. The van der Waals surface area contributed by atoms with Crippen LogP contribution in [0.3, 0.4) is 0 Å². The zero-order valence-electron chi connectivity index (χ0n) is 15.2. The molecule has 0 unspecified atom stereocenters. The second kappa shape index (κ2) is 6.72. The molecular weight excluding hydrogens is 329 g/mol. The largest absolute Gasteiger partial charge is 0.381 e. The molecule has 2 aromatic carbocycles. The molecule has 4 rings (SSSR count). The van der Waals surface area contributed by atoms with Gasteiger partial charge in [0, 0.05) is 26.1 Å². The Bertz CT molecular complexity index is 839. The van der Waals surface area contributed by atoms with E-state index in [1.54, 1.807) is 12.1 Å². The first-order chi connectivity index (χ1) is 12.6. The van der Waals surface area contributed by atoms with Gasteiger partial charge >= 0.3 is 0 Å². The number of halogens is 1. The molecule has 2 aliphatic heterocycles. The van der Waals surface area contributed by atoms with Crippen LogP contribution in [0.5, 0.6) is 0 Å². The molecule has 1 spiro atoms. The minimum Gasteiger partial charge on any atom is -0.381 e. The van der Waals surface area contributed by atoms with Crippen LogP contribution >= 0.6 is 0 Å². The molecule has 2 heterocycles. The summed E-state index contributed by atoms with van der Waals surface area (Å²) in [7, 11) is 0. The third kappa shape index (κ3) is 3.19. The molecule has 0 bridgehead atoms. The number of hydrogen-bond donors (Lipinski definition) is 2. The van der Waals surface area contributed by atoms with Gasteiger partial charge in [0.1, 0.15) is 11.7 Å². The predicted octanol–water partition coefficient (Wildman–Crippen LogP) is 4.43. The van der Waals surface area contributed by atoms with E-state index in [1.807, 2.05) is 0 Å². The van der Waals surface area contributed by atoms with Crippen molar-refractivity contribution >= 4 is 17.2 Å². The molecule has 0 saturated carbocycles. The number of aliphatic imine (C=N–C) groups is 1. The highest BCUT2D eigenvalue weighted by atomic mass is 19.1. The number of nitrogens with zero attached hydrogens (tertiary/aromatic N) is 1. The second-order valence-corrected chi connectivity index (χ2v) is 7.22. The molecule has 26 heavy (non-hydrogen) atoms. The maximum atomic E-state index is 13.1. The quantitative estimate of drug-likeness (QED) is 0.840. The highest BCUT2D eigenvalue weighted by Crippen LogP contribution is 2.38. The first-order valence-electron chi connectivity index (χ1n) is 9.09. The van der Waals surface area contributed by atoms with Gasteiger partial charge in [0.15, 0.2) is 0 Å². The Morgan fingerprint density at radius 3 is 2.38 bits per heavy atom. The Labute approximate surface area is 153 Å². The molecule has 0 amide bonds. The summed E-state index contributed by atoms with van der Waals surface area (Å²) in [4.78, 5) is 4.88. The van der Waals surface area contributed by atoms with Crippen molar-refractivity contribution in [2.24, 2.45) is 4.99 Å². The maximum absolute atomic E-state index is 13.1. The summed E-state index contributed by atoms with van der Waals surface area (Å²) in [6, 6.07) is 10.9. The first-order valence-corrected chi connectivity index (χ1v) is 9.09. The van der Waals surface area contributed by atoms with Crippen LogP contribution in [0.15, 0.2) is 41.4 Å². The van der Waals surface area contributed by atoms with E-state index in [-0.39, 0.29) is 11.4 Å². The molecule has 0 atom stereocenters. The van der Waals surface area contributed by atoms with Crippen molar-refractivity contribution in [1.29, 1.82) is 0 Å². The van der Waals surface area contributed by atoms with Gasteiger partial charge in [-0.1, -0.05) is 12.1 Å². The number of amidine groups is 1. The average molecular weight is 353 g/mol. The van der Waals surface area contributed by atoms with Gasteiger partial charge in [0.05, 0.1) is 23.5 Å². The van der Waals surface area contributed by atoms with Crippen LogP contribution in [0.25, 0.3) is 0 Å². The van der Waals surface area contributed by atoms with E-state index in [0.717, 1.165) is 35.6 Å². The Balaban J connectivity index is 1.68. The Kier molecular flexibility index (Phi) is 4.41. The Morgan fingerprint density at radius 2 is 1.69 bits per heavy atom. The fourth-order valence-corrected chi connectivity index (χ4v) is 3.62. The van der Waals surface area contributed by atoms with Crippen molar-refractivity contribution in [3.05, 3.63) is 58.9 Å². The van der Waals surface area contributed by atoms with Crippen LogP contribution in [-0.2, 0) is 11.3 Å². The normalized spacial score (nSPS) is 19.7. The number of benzene rings is 2. The van der Waals surface area contributed by atoms with E-state index in [9.17, 15) is 4.39 Å². The summed E-state index contributed by atoms with van der Waals surface area (Å²) in [6.07, 6.45) is 1.74. The third-order valence-corrected chi connectivity index (χ3v) is 5.39. The van der Waals surface area contributed by atoms with E-state index in [2.05, 4.69) is 36.6 Å². The van der Waals surface area contributed by atoms with Crippen LogP contribution < -0.4 is 10.6 Å². The fourth-order valence-electron chi connectivity index (χ4n) is 3.62. The van der Waals surface area contributed by atoms with E-state index in [0.29, 0.717) is 19.8 Å². The van der Waals surface area contributed by atoms with Crippen LogP contribution in [0.4, 0.5) is 15.8 Å². The number of ether oxygens (including phenoxy) is 1. The lowest BCUT2D eigenvalue weighted by atomic mass is 9.85. The molecule has 5 heteroatoms. The average Bonchev–Trinajstić information content (AvgIpc) is 2.64. The molecule has 0 radical (unpaired) electrons. The standard InChI is InChI=1S/C21H24FN3O/c1-14-11-18-19(12-15(14)2)25-21(7-9-26-10-8-21)20(24-18)23-13-16-3-5-17(22)6-4-16/h3-6,11-12,25H,7-10,13H2,1-2H3,(H,23,24). The monoisotopic (exact) mass is 353 g/mol. The summed E-state index contributed by atoms with van der Waals surface area (Å²) < 4.78 is 18.7. The molecule has 0 aromatic heterocycles. The lowest BCUT2D eigenvalue weighted by molar-refractivity contribution is 0.0778. The van der Waals surface area contributed by atoms with Gasteiger partial charge in [0.2, 0.25) is 0 Å². The number of hydrogen-bond acceptors (Lipinski definition) is 3. The number of rotatable bonds is 2. The molecule has 4 nitrogen and oxygen atoms in total. The van der Waals surface area contributed by atoms with Crippen molar-refractivity contribution in [3.8, 4) is 0 Å². The van der Waals surface area contributed by atoms with E-state index in [4.69, 9.17) is 9.73 Å². The molecule has 136 valence electrons. The summed E-state index contributed by atoms with van der Waals surface area (Å²) >= 11 is 0. The molecule has 2 aliphatic rings. The highest BCUT2D eigenvalue weighted by molar-refractivity contribution is 6.09. The number of nitrogens with one attached hydrogen (secondary N) is 2. The van der Waals surface area contributed by atoms with Crippen molar-refractivity contribution in [1.82, 2.24) is 0 Å².